The van der Waals surface area contributed by atoms with Gasteiger partial charge in [0.2, 0.25) is 5.91 Å². The lowest BCUT2D eigenvalue weighted by Crippen LogP contribution is -2.21. The van der Waals surface area contributed by atoms with Gasteiger partial charge in [-0.25, -0.2) is 5.84 Å². The van der Waals surface area contributed by atoms with Crippen LogP contribution in [0.4, 0.5) is 0 Å². The lowest BCUT2D eigenvalue weighted by molar-refractivity contribution is -0.113. The Morgan fingerprint density at radius 1 is 1.26 bits per heavy atom. The molecule has 0 aromatic heterocycles. The van der Waals surface area contributed by atoms with E-state index in [0.717, 1.165) is 6.08 Å². The molecule has 0 radical (unpaired) electrons. The summed E-state index contributed by atoms with van der Waals surface area (Å²) in [5.41, 5.74) is 9.46. The highest BCUT2D eigenvalue weighted by Crippen LogP contribution is 1.96. The summed E-state index contributed by atoms with van der Waals surface area (Å²) in [6.45, 7) is 9.59. The zero-order chi connectivity index (χ0) is 15.5. The average Bonchev–Trinajstić information content (AvgIpc) is 2.44. The minimum atomic E-state index is -0.481. The summed E-state index contributed by atoms with van der Waals surface area (Å²) in [4.78, 5) is 9.47. The smallest absolute Gasteiger partial charge is 0.240 e. The van der Waals surface area contributed by atoms with Crippen molar-refractivity contribution >= 4 is 5.91 Å². The third-order valence-electron chi connectivity index (χ3n) is 1.73. The van der Waals surface area contributed by atoms with Crippen molar-refractivity contribution in [3.05, 3.63) is 25.1 Å². The molecule has 0 aromatic carbocycles. The molecule has 114 valence electrons. The fourth-order valence-electron chi connectivity index (χ4n) is 0.938. The molecule has 0 spiro atoms. The summed E-state index contributed by atoms with van der Waals surface area (Å²) in [6, 6.07) is 0. The maximum Gasteiger partial charge on any atom is 0.240 e. The molecule has 1 aliphatic rings. The van der Waals surface area contributed by atoms with Crippen molar-refractivity contribution in [2.75, 3.05) is 20.1 Å². The monoisotopic (exact) mass is 273 g/mol. The van der Waals surface area contributed by atoms with Gasteiger partial charge in [-0.3, -0.25) is 4.79 Å². The van der Waals surface area contributed by atoms with Gasteiger partial charge in [-0.1, -0.05) is 26.8 Å². The van der Waals surface area contributed by atoms with Crippen LogP contribution in [-0.2, 0) is 4.79 Å². The summed E-state index contributed by atoms with van der Waals surface area (Å²) in [5.74, 6) is 4.59. The number of nitrogens with one attached hydrogen (secondary N) is 1. The van der Waals surface area contributed by atoms with Crippen LogP contribution in [0.15, 0.2) is 25.1 Å². The van der Waals surface area contributed by atoms with E-state index in [4.69, 9.17) is 11.6 Å². The highest BCUT2D eigenvalue weighted by molar-refractivity contribution is 5.84. The molecule has 6 nitrogen and oxygen atoms in total. The van der Waals surface area contributed by atoms with E-state index in [9.17, 15) is 4.79 Å². The predicted octanol–water partition coefficient (Wildman–Crippen LogP) is 0.666. The van der Waals surface area contributed by atoms with Crippen LogP contribution in [-0.4, -0.2) is 31.1 Å². The van der Waals surface area contributed by atoms with Gasteiger partial charge in [-0.15, -0.1) is 0 Å². The second kappa shape index (κ2) is 21.7. The Balaban J connectivity index is -0.000000191. The van der Waals surface area contributed by atoms with E-state index in [1.165, 1.54) is 43.6 Å². The highest BCUT2D eigenvalue weighted by Gasteiger charge is 1.93. The van der Waals surface area contributed by atoms with Crippen LogP contribution in [0.5, 0.6) is 0 Å². The van der Waals surface area contributed by atoms with Gasteiger partial charge >= 0.3 is 0 Å². The minimum absolute atomic E-state index is 0.481. The normalized spacial score (nSPS) is 12.6. The number of hydrazine groups is 1. The Labute approximate surface area is 117 Å². The van der Waals surface area contributed by atoms with Gasteiger partial charge in [0.15, 0.2) is 0 Å². The van der Waals surface area contributed by atoms with Gasteiger partial charge in [-0.2, -0.15) is 0 Å². The lowest BCUT2D eigenvalue weighted by atomic mass is 10.2. The van der Waals surface area contributed by atoms with Crippen LogP contribution in [0.1, 0.15) is 33.1 Å². The summed E-state index contributed by atoms with van der Waals surface area (Å²) in [7, 11) is 1.70. The number of hydrogen-bond acceptors (Lipinski definition) is 5. The summed E-state index contributed by atoms with van der Waals surface area (Å²) in [6.07, 6.45) is 8.20. The number of primary amides is 1. The molecule has 0 unspecified atom stereocenters. The standard InChI is InChI=1S/C5H11N.C3H9N3.C3H5NO.C2H6/c1-2-4-6-5-3-1;1-6(5)3-2-4;1-2-3(4)5;1-2/h6H,1-5H2;2-3H,4-5H2,1H3;2H,1H2,(H2,4,5);1-2H3/b;3-2-;;. The zero-order valence-electron chi connectivity index (χ0n) is 12.6. The molecule has 19 heavy (non-hydrogen) atoms. The number of carbonyl (C=O) groups is 1. The molecule has 6 heteroatoms. The maximum absolute atomic E-state index is 9.47. The van der Waals surface area contributed by atoms with Crippen molar-refractivity contribution in [3.63, 3.8) is 0 Å². The molecular formula is C13H31N5O. The fraction of sp³-hybridized carbons (Fsp3) is 0.615. The van der Waals surface area contributed by atoms with E-state index in [1.807, 2.05) is 13.8 Å². The average molecular weight is 273 g/mol. The first-order valence-corrected chi connectivity index (χ1v) is 6.53. The maximum atomic E-state index is 9.47. The number of amides is 1. The van der Waals surface area contributed by atoms with Crippen LogP contribution < -0.4 is 22.6 Å². The number of carbonyl (C=O) groups excluding carboxylic acids is 1. The third-order valence-corrected chi connectivity index (χ3v) is 1.73. The summed E-state index contributed by atoms with van der Waals surface area (Å²) >= 11 is 0. The Kier molecular flexibility index (Phi) is 25.9. The Hall–Kier alpha value is -1.53. The molecule has 0 bridgehead atoms. The Bertz CT molecular complexity index is 202. The molecule has 0 atom stereocenters. The fourth-order valence-corrected chi connectivity index (χ4v) is 0.938. The number of nitrogens with zero attached hydrogens (tertiary/aromatic N) is 1. The van der Waals surface area contributed by atoms with E-state index in [1.54, 1.807) is 13.2 Å². The van der Waals surface area contributed by atoms with Gasteiger partial charge in [0, 0.05) is 19.4 Å². The SMILES string of the molecule is C1CCNCC1.C=CC(N)=O.CC.CN(N)/C=C\N. The zero-order valence-corrected chi connectivity index (χ0v) is 12.6. The molecule has 1 fully saturated rings. The van der Waals surface area contributed by atoms with Crippen LogP contribution in [0.3, 0.4) is 0 Å². The van der Waals surface area contributed by atoms with Crippen LogP contribution in [0.2, 0.25) is 0 Å². The topological polar surface area (TPSA) is 110 Å². The van der Waals surface area contributed by atoms with E-state index >= 15 is 0 Å². The van der Waals surface area contributed by atoms with E-state index in [-0.39, 0.29) is 0 Å². The molecule has 1 amide bonds. The number of piperidine rings is 1. The second-order valence-electron chi connectivity index (χ2n) is 3.42. The van der Waals surface area contributed by atoms with Crippen LogP contribution >= 0.6 is 0 Å². The summed E-state index contributed by atoms with van der Waals surface area (Å²) in [5, 5.41) is 4.66. The number of hydrogen-bond donors (Lipinski definition) is 4. The van der Waals surface area contributed by atoms with Gasteiger partial charge < -0.3 is 21.8 Å². The van der Waals surface area contributed by atoms with Crippen LogP contribution in [0.25, 0.3) is 0 Å². The first-order chi connectivity index (χ1) is 9.04. The molecule has 1 rings (SSSR count). The van der Waals surface area contributed by atoms with Crippen molar-refractivity contribution in [1.82, 2.24) is 10.3 Å². The number of rotatable bonds is 2. The molecule has 0 aliphatic carbocycles. The van der Waals surface area contributed by atoms with Crippen molar-refractivity contribution in [2.45, 2.75) is 33.1 Å². The minimum Gasteiger partial charge on any atom is -0.403 e. The van der Waals surface area contributed by atoms with Crippen LogP contribution in [0, 0.1) is 0 Å². The first kappa shape index (κ1) is 22.6. The molecular weight excluding hydrogens is 242 g/mol. The summed E-state index contributed by atoms with van der Waals surface area (Å²) < 4.78 is 0. The highest BCUT2D eigenvalue weighted by atomic mass is 16.1. The molecule has 0 saturated carbocycles. The lowest BCUT2D eigenvalue weighted by Gasteiger charge is -2.08. The van der Waals surface area contributed by atoms with E-state index in [2.05, 4.69) is 17.6 Å². The Morgan fingerprint density at radius 2 is 1.68 bits per heavy atom. The van der Waals surface area contributed by atoms with Crippen molar-refractivity contribution in [1.29, 1.82) is 0 Å². The molecule has 1 heterocycles. The first-order valence-electron chi connectivity index (χ1n) is 6.53. The molecule has 0 aromatic rings. The van der Waals surface area contributed by atoms with Crippen molar-refractivity contribution in [3.8, 4) is 0 Å². The Morgan fingerprint density at radius 3 is 1.74 bits per heavy atom. The largest absolute Gasteiger partial charge is 0.403 e. The van der Waals surface area contributed by atoms with E-state index in [0.29, 0.717) is 0 Å². The quantitative estimate of drug-likeness (QED) is 0.336. The molecule has 7 N–H and O–H groups in total. The van der Waals surface area contributed by atoms with Gasteiger partial charge in [-0.05, 0) is 32.0 Å². The van der Waals surface area contributed by atoms with E-state index < -0.39 is 5.91 Å². The van der Waals surface area contributed by atoms with Gasteiger partial charge in [0.25, 0.3) is 0 Å². The van der Waals surface area contributed by atoms with Crippen molar-refractivity contribution in [2.24, 2.45) is 17.3 Å². The molecule has 1 aliphatic heterocycles. The van der Waals surface area contributed by atoms with Gasteiger partial charge in [0.05, 0.1) is 0 Å². The third kappa shape index (κ3) is 38.5. The second-order valence-corrected chi connectivity index (χ2v) is 3.42. The van der Waals surface area contributed by atoms with Gasteiger partial charge in [0.1, 0.15) is 0 Å². The molecule has 1 saturated heterocycles. The predicted molar refractivity (Wildman–Crippen MR) is 82.7 cm³/mol. The van der Waals surface area contributed by atoms with Crippen molar-refractivity contribution < 1.29 is 4.79 Å². The number of nitrogens with two attached hydrogens (primary N) is 3.